The van der Waals surface area contributed by atoms with Crippen LogP contribution in [-0.4, -0.2) is 5.91 Å². The van der Waals surface area contributed by atoms with Crippen LogP contribution in [0.3, 0.4) is 0 Å². The third kappa shape index (κ3) is 3.49. The SMILES string of the molecule is CC(NC(=O)c1cc(F)cc(N)c1F)c1ccc(Cl)cc1. The van der Waals surface area contributed by atoms with Crippen LogP contribution in [0.4, 0.5) is 14.5 Å². The highest BCUT2D eigenvalue weighted by atomic mass is 35.5. The maximum absolute atomic E-state index is 13.8. The molecule has 0 aromatic heterocycles. The number of rotatable bonds is 3. The van der Waals surface area contributed by atoms with Gasteiger partial charge in [0.1, 0.15) is 5.82 Å². The first-order chi connectivity index (χ1) is 9.88. The lowest BCUT2D eigenvalue weighted by atomic mass is 10.1. The molecule has 0 saturated heterocycles. The third-order valence-electron chi connectivity index (χ3n) is 3.03. The van der Waals surface area contributed by atoms with Crippen LogP contribution in [0, 0.1) is 11.6 Å². The van der Waals surface area contributed by atoms with Gasteiger partial charge in [-0.1, -0.05) is 23.7 Å². The molecule has 0 spiro atoms. The van der Waals surface area contributed by atoms with Crippen LogP contribution < -0.4 is 11.1 Å². The second kappa shape index (κ2) is 6.10. The second-order valence-corrected chi connectivity index (χ2v) is 5.04. The lowest BCUT2D eigenvalue weighted by Crippen LogP contribution is -2.27. The zero-order valence-corrected chi connectivity index (χ0v) is 11.9. The molecule has 1 unspecified atom stereocenters. The van der Waals surface area contributed by atoms with Crippen molar-refractivity contribution in [3.05, 3.63) is 64.2 Å². The Labute approximate surface area is 125 Å². The topological polar surface area (TPSA) is 55.1 Å². The summed E-state index contributed by atoms with van der Waals surface area (Å²) in [7, 11) is 0. The molecule has 0 saturated carbocycles. The van der Waals surface area contributed by atoms with E-state index in [2.05, 4.69) is 5.32 Å². The minimum atomic E-state index is -0.933. The third-order valence-corrected chi connectivity index (χ3v) is 3.28. The molecular weight excluding hydrogens is 298 g/mol. The van der Waals surface area contributed by atoms with Gasteiger partial charge in [0.15, 0.2) is 5.82 Å². The maximum atomic E-state index is 13.8. The summed E-state index contributed by atoms with van der Waals surface area (Å²) in [5, 5.41) is 3.15. The molecule has 0 radical (unpaired) electrons. The first-order valence-electron chi connectivity index (χ1n) is 6.19. The summed E-state index contributed by atoms with van der Waals surface area (Å²) in [5.74, 6) is -2.43. The van der Waals surface area contributed by atoms with Crippen molar-refractivity contribution in [2.75, 3.05) is 5.73 Å². The maximum Gasteiger partial charge on any atom is 0.254 e. The molecule has 0 aliphatic carbocycles. The van der Waals surface area contributed by atoms with Crippen LogP contribution in [0.5, 0.6) is 0 Å². The van der Waals surface area contributed by atoms with Crippen molar-refractivity contribution < 1.29 is 13.6 Å². The summed E-state index contributed by atoms with van der Waals surface area (Å²) < 4.78 is 27.0. The molecule has 0 heterocycles. The first-order valence-corrected chi connectivity index (χ1v) is 6.57. The Morgan fingerprint density at radius 1 is 1.24 bits per heavy atom. The van der Waals surface area contributed by atoms with E-state index in [1.165, 1.54) is 0 Å². The fourth-order valence-corrected chi connectivity index (χ4v) is 2.01. The summed E-state index contributed by atoms with van der Waals surface area (Å²) in [5.41, 5.74) is 5.27. The normalized spacial score (nSPS) is 12.0. The molecule has 0 aliphatic heterocycles. The van der Waals surface area contributed by atoms with E-state index in [4.69, 9.17) is 17.3 Å². The van der Waals surface area contributed by atoms with E-state index in [0.717, 1.165) is 17.7 Å². The molecule has 110 valence electrons. The van der Waals surface area contributed by atoms with E-state index in [1.54, 1.807) is 31.2 Å². The molecule has 3 nitrogen and oxygen atoms in total. The van der Waals surface area contributed by atoms with Gasteiger partial charge in [0.05, 0.1) is 17.3 Å². The standard InChI is InChI=1S/C15H13ClF2N2O/c1-8(9-2-4-10(16)5-3-9)20-15(21)12-6-11(17)7-13(19)14(12)18/h2-8H,19H2,1H3,(H,20,21). The van der Waals surface area contributed by atoms with Gasteiger partial charge in [-0.3, -0.25) is 4.79 Å². The minimum absolute atomic E-state index is 0.390. The number of amides is 1. The van der Waals surface area contributed by atoms with Crippen molar-refractivity contribution in [3.63, 3.8) is 0 Å². The number of benzene rings is 2. The highest BCUT2D eigenvalue weighted by Gasteiger charge is 2.18. The average Bonchev–Trinajstić information content (AvgIpc) is 2.43. The largest absolute Gasteiger partial charge is 0.396 e. The van der Waals surface area contributed by atoms with Gasteiger partial charge in [-0.25, -0.2) is 8.78 Å². The van der Waals surface area contributed by atoms with Gasteiger partial charge < -0.3 is 11.1 Å². The molecule has 1 atom stereocenters. The van der Waals surface area contributed by atoms with E-state index >= 15 is 0 Å². The molecule has 2 rings (SSSR count). The lowest BCUT2D eigenvalue weighted by Gasteiger charge is -2.15. The number of carbonyl (C=O) groups is 1. The predicted octanol–water partition coefficient (Wildman–Crippen LogP) is 3.69. The highest BCUT2D eigenvalue weighted by Crippen LogP contribution is 2.20. The number of hydrogen-bond donors (Lipinski definition) is 2. The van der Waals surface area contributed by atoms with Gasteiger partial charge in [-0.05, 0) is 36.8 Å². The van der Waals surface area contributed by atoms with Gasteiger partial charge in [0, 0.05) is 5.02 Å². The predicted molar refractivity (Wildman–Crippen MR) is 78.1 cm³/mol. The number of halogens is 3. The van der Waals surface area contributed by atoms with Crippen LogP contribution in [0.25, 0.3) is 0 Å². The summed E-state index contributed by atoms with van der Waals surface area (Å²) >= 11 is 5.78. The van der Waals surface area contributed by atoms with E-state index in [1.807, 2.05) is 0 Å². The number of nitrogens with one attached hydrogen (secondary N) is 1. The molecule has 2 aromatic rings. The van der Waals surface area contributed by atoms with Crippen molar-refractivity contribution in [1.82, 2.24) is 5.32 Å². The van der Waals surface area contributed by atoms with Gasteiger partial charge in [-0.15, -0.1) is 0 Å². The quantitative estimate of drug-likeness (QED) is 0.849. The fraction of sp³-hybridized carbons (Fsp3) is 0.133. The van der Waals surface area contributed by atoms with Crippen LogP contribution >= 0.6 is 11.6 Å². The Balaban J connectivity index is 2.20. The van der Waals surface area contributed by atoms with Crippen molar-refractivity contribution in [2.45, 2.75) is 13.0 Å². The summed E-state index contributed by atoms with van der Waals surface area (Å²) in [6, 6.07) is 8.09. The molecule has 21 heavy (non-hydrogen) atoms. The minimum Gasteiger partial charge on any atom is -0.396 e. The van der Waals surface area contributed by atoms with Crippen molar-refractivity contribution in [2.24, 2.45) is 0 Å². The summed E-state index contributed by atoms with van der Waals surface area (Å²) in [6.07, 6.45) is 0. The molecule has 3 N–H and O–H groups in total. The molecule has 1 amide bonds. The average molecular weight is 311 g/mol. The van der Waals surface area contributed by atoms with Gasteiger partial charge in [0.2, 0.25) is 0 Å². The molecule has 0 bridgehead atoms. The highest BCUT2D eigenvalue weighted by molar-refractivity contribution is 6.30. The molecule has 6 heteroatoms. The smallest absolute Gasteiger partial charge is 0.254 e. The van der Waals surface area contributed by atoms with Gasteiger partial charge in [0.25, 0.3) is 5.91 Å². The number of anilines is 1. The summed E-state index contributed by atoms with van der Waals surface area (Å²) in [4.78, 5) is 12.0. The van der Waals surface area contributed by atoms with Crippen LogP contribution in [0.1, 0.15) is 28.9 Å². The van der Waals surface area contributed by atoms with Gasteiger partial charge in [-0.2, -0.15) is 0 Å². The van der Waals surface area contributed by atoms with Crippen molar-refractivity contribution in [3.8, 4) is 0 Å². The summed E-state index contributed by atoms with van der Waals surface area (Å²) in [6.45, 7) is 1.72. The fourth-order valence-electron chi connectivity index (χ4n) is 1.88. The Hall–Kier alpha value is -2.14. The van der Waals surface area contributed by atoms with E-state index in [0.29, 0.717) is 5.02 Å². The first kappa shape index (κ1) is 15.3. The number of hydrogen-bond acceptors (Lipinski definition) is 2. The van der Waals surface area contributed by atoms with Gasteiger partial charge >= 0.3 is 0 Å². The van der Waals surface area contributed by atoms with E-state index in [-0.39, 0.29) is 0 Å². The van der Waals surface area contributed by atoms with Crippen molar-refractivity contribution in [1.29, 1.82) is 0 Å². The van der Waals surface area contributed by atoms with Crippen LogP contribution in [0.15, 0.2) is 36.4 Å². The van der Waals surface area contributed by atoms with E-state index in [9.17, 15) is 13.6 Å². The van der Waals surface area contributed by atoms with Crippen LogP contribution in [-0.2, 0) is 0 Å². The number of nitrogens with two attached hydrogens (primary N) is 1. The Morgan fingerprint density at radius 2 is 1.86 bits per heavy atom. The monoisotopic (exact) mass is 310 g/mol. The Kier molecular flexibility index (Phi) is 4.43. The van der Waals surface area contributed by atoms with E-state index < -0.39 is 34.8 Å². The van der Waals surface area contributed by atoms with Crippen molar-refractivity contribution >= 4 is 23.2 Å². The molecule has 0 aliphatic rings. The number of nitrogen functional groups attached to an aromatic ring is 1. The molecule has 0 fully saturated rings. The Bertz CT molecular complexity index is 674. The van der Waals surface area contributed by atoms with Crippen LogP contribution in [0.2, 0.25) is 5.02 Å². The Morgan fingerprint density at radius 3 is 2.48 bits per heavy atom. The zero-order chi connectivity index (χ0) is 15.6. The molecule has 2 aromatic carbocycles. The second-order valence-electron chi connectivity index (χ2n) is 4.60. The lowest BCUT2D eigenvalue weighted by molar-refractivity contribution is 0.0935. The molecular formula is C15H13ClF2N2O. The number of carbonyl (C=O) groups excluding carboxylic acids is 1. The zero-order valence-electron chi connectivity index (χ0n) is 11.2.